The Labute approximate surface area is 99.3 Å². The molecule has 0 fully saturated rings. The summed E-state index contributed by atoms with van der Waals surface area (Å²) in [5.41, 5.74) is 2.09. The highest BCUT2D eigenvalue weighted by Gasteiger charge is 2.23. The molecule has 2 aromatic rings. The first-order valence-electron chi connectivity index (χ1n) is 5.86. The van der Waals surface area contributed by atoms with Crippen molar-refractivity contribution >= 4 is 22.9 Å². The molecule has 3 nitrogen and oxygen atoms in total. The van der Waals surface area contributed by atoms with Crippen LogP contribution in [-0.4, -0.2) is 20.3 Å². The summed E-state index contributed by atoms with van der Waals surface area (Å²) in [6.07, 6.45) is 5.56. The molecule has 0 aliphatic carbocycles. The molecule has 0 saturated carbocycles. The number of pyridine rings is 1. The second-order valence-corrected chi connectivity index (χ2v) is 5.25. The predicted octanol–water partition coefficient (Wildman–Crippen LogP) is 3.27. The third kappa shape index (κ3) is 1.52. The zero-order valence-corrected chi connectivity index (χ0v) is 10.2. The summed E-state index contributed by atoms with van der Waals surface area (Å²) in [7, 11) is 0. The Morgan fingerprint density at radius 1 is 1.56 bits per heavy atom. The standard InChI is InChI=1S/C12H15N3S/c1-2-4-9-6-8-16-12-14-10-5-3-7-13-11(10)15(9)12/h3,5,7,9H,2,4,6,8H2,1H3. The van der Waals surface area contributed by atoms with Gasteiger partial charge in [0.05, 0.1) is 0 Å². The normalized spacial score (nSPS) is 19.9. The van der Waals surface area contributed by atoms with Crippen LogP contribution in [0.25, 0.3) is 11.2 Å². The van der Waals surface area contributed by atoms with Crippen molar-refractivity contribution in [2.75, 3.05) is 5.75 Å². The Balaban J connectivity index is 2.16. The Morgan fingerprint density at radius 3 is 3.38 bits per heavy atom. The molecule has 1 atom stereocenters. The van der Waals surface area contributed by atoms with E-state index in [4.69, 9.17) is 0 Å². The molecule has 4 heteroatoms. The maximum absolute atomic E-state index is 4.65. The summed E-state index contributed by atoms with van der Waals surface area (Å²) in [5.74, 6) is 1.19. The molecule has 3 heterocycles. The number of nitrogens with zero attached hydrogens (tertiary/aromatic N) is 3. The molecule has 3 rings (SSSR count). The molecular formula is C12H15N3S. The van der Waals surface area contributed by atoms with E-state index in [1.807, 2.05) is 24.0 Å². The van der Waals surface area contributed by atoms with Crippen molar-refractivity contribution in [1.29, 1.82) is 0 Å². The quantitative estimate of drug-likeness (QED) is 0.797. The SMILES string of the molecule is CCCC1CCSc2nc3cccnc3n21. The van der Waals surface area contributed by atoms with E-state index in [0.29, 0.717) is 6.04 Å². The van der Waals surface area contributed by atoms with Crippen molar-refractivity contribution in [2.45, 2.75) is 37.4 Å². The van der Waals surface area contributed by atoms with Crippen molar-refractivity contribution < 1.29 is 0 Å². The minimum absolute atomic E-state index is 0.598. The van der Waals surface area contributed by atoms with Gasteiger partial charge in [0.15, 0.2) is 10.8 Å². The molecule has 0 bridgehead atoms. The zero-order chi connectivity index (χ0) is 11.0. The van der Waals surface area contributed by atoms with E-state index in [2.05, 4.69) is 27.5 Å². The highest BCUT2D eigenvalue weighted by atomic mass is 32.2. The van der Waals surface area contributed by atoms with Gasteiger partial charge in [-0.05, 0) is 25.0 Å². The molecule has 0 amide bonds. The third-order valence-electron chi connectivity index (χ3n) is 3.09. The first-order valence-corrected chi connectivity index (χ1v) is 6.84. The van der Waals surface area contributed by atoms with E-state index in [1.54, 1.807) is 0 Å². The molecule has 0 aromatic carbocycles. The Morgan fingerprint density at radius 2 is 2.50 bits per heavy atom. The molecule has 2 aromatic heterocycles. The molecule has 0 saturated heterocycles. The van der Waals surface area contributed by atoms with Crippen molar-refractivity contribution in [3.05, 3.63) is 18.3 Å². The van der Waals surface area contributed by atoms with Crippen LogP contribution in [0, 0.1) is 0 Å². The molecule has 16 heavy (non-hydrogen) atoms. The number of imidazole rings is 1. The van der Waals surface area contributed by atoms with E-state index < -0.39 is 0 Å². The van der Waals surface area contributed by atoms with Crippen molar-refractivity contribution in [1.82, 2.24) is 14.5 Å². The predicted molar refractivity (Wildman–Crippen MR) is 66.8 cm³/mol. The van der Waals surface area contributed by atoms with Gasteiger partial charge in [-0.1, -0.05) is 25.1 Å². The maximum atomic E-state index is 4.65. The van der Waals surface area contributed by atoms with Gasteiger partial charge in [-0.3, -0.25) is 0 Å². The average Bonchev–Trinajstić information content (AvgIpc) is 2.68. The highest BCUT2D eigenvalue weighted by Crippen LogP contribution is 2.36. The fraction of sp³-hybridized carbons (Fsp3) is 0.500. The number of hydrogen-bond acceptors (Lipinski definition) is 3. The van der Waals surface area contributed by atoms with Crippen LogP contribution in [0.2, 0.25) is 0 Å². The topological polar surface area (TPSA) is 30.7 Å². The van der Waals surface area contributed by atoms with E-state index in [1.165, 1.54) is 25.0 Å². The van der Waals surface area contributed by atoms with Gasteiger partial charge in [0.25, 0.3) is 0 Å². The van der Waals surface area contributed by atoms with Gasteiger partial charge in [-0.15, -0.1) is 0 Å². The van der Waals surface area contributed by atoms with Crippen LogP contribution in [0.3, 0.4) is 0 Å². The molecule has 0 spiro atoms. The summed E-state index contributed by atoms with van der Waals surface area (Å²) in [5, 5.41) is 1.15. The lowest BCUT2D eigenvalue weighted by molar-refractivity contribution is 0.421. The minimum atomic E-state index is 0.598. The number of hydrogen-bond donors (Lipinski definition) is 0. The van der Waals surface area contributed by atoms with Crippen LogP contribution >= 0.6 is 11.8 Å². The van der Waals surface area contributed by atoms with Gasteiger partial charge in [0.1, 0.15) is 5.52 Å². The van der Waals surface area contributed by atoms with E-state index in [0.717, 1.165) is 16.3 Å². The Bertz CT molecular complexity index is 506. The van der Waals surface area contributed by atoms with Gasteiger partial charge >= 0.3 is 0 Å². The zero-order valence-electron chi connectivity index (χ0n) is 9.39. The first-order chi connectivity index (χ1) is 7.90. The molecule has 0 radical (unpaired) electrons. The Hall–Kier alpha value is -1.03. The molecule has 84 valence electrons. The van der Waals surface area contributed by atoms with Crippen LogP contribution in [0.4, 0.5) is 0 Å². The van der Waals surface area contributed by atoms with Crippen LogP contribution in [0.5, 0.6) is 0 Å². The summed E-state index contributed by atoms with van der Waals surface area (Å²) >= 11 is 1.86. The van der Waals surface area contributed by atoms with Crippen molar-refractivity contribution in [3.8, 4) is 0 Å². The van der Waals surface area contributed by atoms with Crippen molar-refractivity contribution in [2.24, 2.45) is 0 Å². The van der Waals surface area contributed by atoms with Crippen LogP contribution in [0.1, 0.15) is 32.2 Å². The van der Waals surface area contributed by atoms with Crippen LogP contribution in [0.15, 0.2) is 23.5 Å². The number of aromatic nitrogens is 3. The van der Waals surface area contributed by atoms with Gasteiger partial charge in [-0.2, -0.15) is 0 Å². The Kier molecular flexibility index (Phi) is 2.59. The largest absolute Gasteiger partial charge is 0.301 e. The fourth-order valence-corrected chi connectivity index (χ4v) is 3.47. The minimum Gasteiger partial charge on any atom is -0.301 e. The smallest absolute Gasteiger partial charge is 0.170 e. The monoisotopic (exact) mass is 233 g/mol. The fourth-order valence-electron chi connectivity index (χ4n) is 2.36. The second-order valence-electron chi connectivity index (χ2n) is 4.19. The maximum Gasteiger partial charge on any atom is 0.170 e. The summed E-state index contributed by atoms with van der Waals surface area (Å²) < 4.78 is 2.34. The lowest BCUT2D eigenvalue weighted by Crippen LogP contribution is -2.15. The van der Waals surface area contributed by atoms with Gasteiger partial charge in [-0.25, -0.2) is 9.97 Å². The van der Waals surface area contributed by atoms with Crippen LogP contribution in [-0.2, 0) is 0 Å². The molecule has 1 aliphatic heterocycles. The molecule has 1 aliphatic rings. The van der Waals surface area contributed by atoms with Crippen molar-refractivity contribution in [3.63, 3.8) is 0 Å². The molecule has 0 N–H and O–H groups in total. The van der Waals surface area contributed by atoms with Crippen LogP contribution < -0.4 is 0 Å². The van der Waals surface area contributed by atoms with Gasteiger partial charge in [0, 0.05) is 18.0 Å². The first kappa shape index (κ1) is 10.1. The highest BCUT2D eigenvalue weighted by molar-refractivity contribution is 7.99. The molecular weight excluding hydrogens is 218 g/mol. The summed E-state index contributed by atoms with van der Waals surface area (Å²) in [4.78, 5) is 9.12. The van der Waals surface area contributed by atoms with E-state index >= 15 is 0 Å². The number of thioether (sulfide) groups is 1. The molecule has 1 unspecified atom stereocenters. The van der Waals surface area contributed by atoms with E-state index in [9.17, 15) is 0 Å². The van der Waals surface area contributed by atoms with Gasteiger partial charge < -0.3 is 4.57 Å². The second kappa shape index (κ2) is 4.09. The summed E-state index contributed by atoms with van der Waals surface area (Å²) in [6.45, 7) is 2.24. The van der Waals surface area contributed by atoms with E-state index in [-0.39, 0.29) is 0 Å². The number of rotatable bonds is 2. The lowest BCUT2D eigenvalue weighted by Gasteiger charge is -2.24. The number of fused-ring (bicyclic) bond motifs is 3. The average molecular weight is 233 g/mol. The van der Waals surface area contributed by atoms with Gasteiger partial charge in [0.2, 0.25) is 0 Å². The third-order valence-corrected chi connectivity index (χ3v) is 4.07. The lowest BCUT2D eigenvalue weighted by atomic mass is 10.1. The summed E-state index contributed by atoms with van der Waals surface area (Å²) in [6, 6.07) is 4.61.